The zero-order valence-corrected chi connectivity index (χ0v) is 15.1. The maximum Gasteiger partial charge on any atom is 0.315 e. The van der Waals surface area contributed by atoms with E-state index in [1.54, 1.807) is 7.11 Å². The summed E-state index contributed by atoms with van der Waals surface area (Å²) in [5.41, 5.74) is 0.725. The average Bonchev–Trinajstić information content (AvgIpc) is 2.58. The van der Waals surface area contributed by atoms with Crippen LogP contribution in [-0.2, 0) is 4.74 Å². The quantitative estimate of drug-likeness (QED) is 0.718. The third-order valence-electron chi connectivity index (χ3n) is 5.74. The molecule has 1 aromatic carbocycles. The van der Waals surface area contributed by atoms with Crippen LogP contribution in [0.1, 0.15) is 51.6 Å². The Bertz CT molecular complexity index is 547. The van der Waals surface area contributed by atoms with Crippen molar-refractivity contribution in [2.75, 3.05) is 13.7 Å². The van der Waals surface area contributed by atoms with Crippen LogP contribution in [0, 0.1) is 5.41 Å². The number of aliphatic hydroxyl groups excluding tert-OH is 1. The molecule has 0 aromatic heterocycles. The molecule has 5 nitrogen and oxygen atoms in total. The van der Waals surface area contributed by atoms with Crippen molar-refractivity contribution in [1.29, 1.82) is 0 Å². The minimum atomic E-state index is -0.208. The Kier molecular flexibility index (Phi) is 5.88. The number of carbonyl (C=O) groups excluding carboxylic acids is 1. The highest BCUT2D eigenvalue weighted by molar-refractivity contribution is 5.75. The van der Waals surface area contributed by atoms with Crippen molar-refractivity contribution in [2.45, 2.75) is 57.7 Å². The fourth-order valence-electron chi connectivity index (χ4n) is 3.38. The molecule has 3 unspecified atom stereocenters. The van der Waals surface area contributed by atoms with Crippen LogP contribution in [0.2, 0.25) is 0 Å². The fraction of sp³-hybridized carbons (Fsp3) is 0.632. The molecule has 2 amide bonds. The van der Waals surface area contributed by atoms with Crippen molar-refractivity contribution in [1.82, 2.24) is 10.6 Å². The van der Waals surface area contributed by atoms with Crippen LogP contribution in [0.25, 0.3) is 0 Å². The molecule has 5 heteroatoms. The van der Waals surface area contributed by atoms with E-state index in [0.717, 1.165) is 12.0 Å². The maximum absolute atomic E-state index is 12.5. The minimum Gasteiger partial charge on any atom is -0.396 e. The molecule has 1 aromatic rings. The molecule has 0 bridgehead atoms. The van der Waals surface area contributed by atoms with Gasteiger partial charge in [0.1, 0.15) is 0 Å². The van der Waals surface area contributed by atoms with E-state index >= 15 is 0 Å². The number of hydrogen-bond acceptors (Lipinski definition) is 3. The first-order valence-corrected chi connectivity index (χ1v) is 8.62. The van der Waals surface area contributed by atoms with Crippen LogP contribution in [0.3, 0.4) is 0 Å². The summed E-state index contributed by atoms with van der Waals surface area (Å²) in [6, 6.07) is 9.68. The number of urea groups is 1. The average molecular weight is 334 g/mol. The van der Waals surface area contributed by atoms with Crippen LogP contribution < -0.4 is 10.6 Å². The molecule has 1 saturated carbocycles. The van der Waals surface area contributed by atoms with Gasteiger partial charge in [-0.25, -0.2) is 4.79 Å². The summed E-state index contributed by atoms with van der Waals surface area (Å²) in [6.07, 6.45) is 2.16. The van der Waals surface area contributed by atoms with Crippen LogP contribution in [0.4, 0.5) is 4.79 Å². The number of methoxy groups -OCH3 is 1. The Labute approximate surface area is 144 Å². The van der Waals surface area contributed by atoms with E-state index in [0.29, 0.717) is 12.8 Å². The number of nitrogens with one attached hydrogen (secondary N) is 2. The highest BCUT2D eigenvalue weighted by atomic mass is 16.5. The van der Waals surface area contributed by atoms with Gasteiger partial charge >= 0.3 is 6.03 Å². The first-order chi connectivity index (χ1) is 11.3. The highest BCUT2D eigenvalue weighted by Crippen LogP contribution is 2.51. The predicted octanol–water partition coefficient (Wildman–Crippen LogP) is 3.00. The number of amides is 2. The van der Waals surface area contributed by atoms with Crippen LogP contribution in [-0.4, -0.2) is 36.5 Å². The molecule has 0 radical (unpaired) electrons. The molecule has 0 heterocycles. The second-order valence-corrected chi connectivity index (χ2v) is 7.36. The molecule has 134 valence electrons. The fourth-order valence-corrected chi connectivity index (χ4v) is 3.38. The predicted molar refractivity (Wildman–Crippen MR) is 94.8 cm³/mol. The van der Waals surface area contributed by atoms with Gasteiger partial charge in [-0.05, 0) is 31.7 Å². The number of carbonyl (C=O) groups is 1. The Morgan fingerprint density at radius 1 is 1.33 bits per heavy atom. The molecule has 1 aliphatic rings. The molecule has 24 heavy (non-hydrogen) atoms. The van der Waals surface area contributed by atoms with Gasteiger partial charge < -0.3 is 20.5 Å². The first-order valence-electron chi connectivity index (χ1n) is 8.62. The van der Waals surface area contributed by atoms with Gasteiger partial charge in [0, 0.05) is 25.2 Å². The van der Waals surface area contributed by atoms with E-state index in [-0.39, 0.29) is 35.7 Å². The Hall–Kier alpha value is -1.59. The molecular weight excluding hydrogens is 304 g/mol. The normalized spacial score (nSPS) is 26.3. The van der Waals surface area contributed by atoms with Gasteiger partial charge in [0.05, 0.1) is 11.6 Å². The third-order valence-corrected chi connectivity index (χ3v) is 5.74. The van der Waals surface area contributed by atoms with Crippen molar-refractivity contribution in [2.24, 2.45) is 5.41 Å². The summed E-state index contributed by atoms with van der Waals surface area (Å²) in [6.45, 7) is 6.43. The van der Waals surface area contributed by atoms with Crippen LogP contribution in [0.5, 0.6) is 0 Å². The SMILES string of the molecule is COC1(C)CC(NC(=O)NC(CCCO)c2ccccc2)C1(C)C. The topological polar surface area (TPSA) is 70.6 Å². The van der Waals surface area contributed by atoms with Crippen molar-refractivity contribution in [3.8, 4) is 0 Å². The van der Waals surface area contributed by atoms with Gasteiger partial charge in [-0.2, -0.15) is 0 Å². The second-order valence-electron chi connectivity index (χ2n) is 7.36. The Morgan fingerprint density at radius 3 is 2.54 bits per heavy atom. The summed E-state index contributed by atoms with van der Waals surface area (Å²) in [5, 5.41) is 15.2. The molecular formula is C19H30N2O3. The van der Waals surface area contributed by atoms with Crippen molar-refractivity contribution in [3.63, 3.8) is 0 Å². The van der Waals surface area contributed by atoms with E-state index in [1.807, 2.05) is 30.3 Å². The smallest absolute Gasteiger partial charge is 0.315 e. The van der Waals surface area contributed by atoms with E-state index < -0.39 is 0 Å². The highest BCUT2D eigenvalue weighted by Gasteiger charge is 2.58. The van der Waals surface area contributed by atoms with E-state index in [4.69, 9.17) is 9.84 Å². The molecule has 0 saturated heterocycles. The standard InChI is InChI=1S/C19H30N2O3/c1-18(2)16(13-19(18,3)24-4)21-17(23)20-15(11-8-12-22)14-9-6-5-7-10-14/h5-7,9-10,15-16,22H,8,11-13H2,1-4H3,(H2,20,21,23). The summed E-state index contributed by atoms with van der Waals surface area (Å²) in [4.78, 5) is 12.5. The zero-order valence-electron chi connectivity index (χ0n) is 15.1. The Morgan fingerprint density at radius 2 is 2.00 bits per heavy atom. The maximum atomic E-state index is 12.5. The lowest BCUT2D eigenvalue weighted by atomic mass is 9.56. The molecule has 3 atom stereocenters. The second kappa shape index (κ2) is 7.53. The first kappa shape index (κ1) is 18.7. The van der Waals surface area contributed by atoms with Crippen molar-refractivity contribution in [3.05, 3.63) is 35.9 Å². The van der Waals surface area contributed by atoms with Crippen LogP contribution >= 0.6 is 0 Å². The van der Waals surface area contributed by atoms with Crippen molar-refractivity contribution < 1.29 is 14.6 Å². The lowest BCUT2D eigenvalue weighted by Gasteiger charge is -2.59. The summed E-state index contributed by atoms with van der Waals surface area (Å²) >= 11 is 0. The van der Waals surface area contributed by atoms with Crippen molar-refractivity contribution >= 4 is 6.03 Å². The minimum absolute atomic E-state index is 0.0803. The summed E-state index contributed by atoms with van der Waals surface area (Å²) in [7, 11) is 1.72. The zero-order chi connectivity index (χ0) is 17.8. The molecule has 0 aliphatic heterocycles. The van der Waals surface area contributed by atoms with Gasteiger partial charge in [0.15, 0.2) is 0 Å². The monoisotopic (exact) mass is 334 g/mol. The molecule has 1 fully saturated rings. The third kappa shape index (κ3) is 3.73. The van der Waals surface area contributed by atoms with Gasteiger partial charge in [0.25, 0.3) is 0 Å². The van der Waals surface area contributed by atoms with Gasteiger partial charge in [0.2, 0.25) is 0 Å². The molecule has 3 N–H and O–H groups in total. The number of benzene rings is 1. The van der Waals surface area contributed by atoms with Gasteiger partial charge in [-0.1, -0.05) is 44.2 Å². The van der Waals surface area contributed by atoms with Gasteiger partial charge in [-0.3, -0.25) is 0 Å². The van der Waals surface area contributed by atoms with E-state index in [1.165, 1.54) is 0 Å². The van der Waals surface area contributed by atoms with E-state index in [2.05, 4.69) is 31.4 Å². The number of aliphatic hydroxyl groups is 1. The molecule has 2 rings (SSSR count). The summed E-state index contributed by atoms with van der Waals surface area (Å²) in [5.74, 6) is 0. The Balaban J connectivity index is 1.96. The molecule has 0 spiro atoms. The number of rotatable bonds is 7. The summed E-state index contributed by atoms with van der Waals surface area (Å²) < 4.78 is 5.60. The molecule has 1 aliphatic carbocycles. The lowest BCUT2D eigenvalue weighted by molar-refractivity contribution is -0.177. The van der Waals surface area contributed by atoms with Gasteiger partial charge in [-0.15, -0.1) is 0 Å². The van der Waals surface area contributed by atoms with Crippen LogP contribution in [0.15, 0.2) is 30.3 Å². The largest absolute Gasteiger partial charge is 0.396 e. The number of hydrogen-bond donors (Lipinski definition) is 3. The lowest BCUT2D eigenvalue weighted by Crippen LogP contribution is -2.69. The van der Waals surface area contributed by atoms with E-state index in [9.17, 15) is 4.79 Å². The number of ether oxygens (including phenoxy) is 1.